The summed E-state index contributed by atoms with van der Waals surface area (Å²) >= 11 is 5.01. The van der Waals surface area contributed by atoms with Crippen molar-refractivity contribution in [2.75, 3.05) is 17.6 Å². The highest BCUT2D eigenvalue weighted by Gasteiger charge is 2.10. The van der Waals surface area contributed by atoms with E-state index < -0.39 is 10.0 Å². The van der Waals surface area contributed by atoms with Gasteiger partial charge in [0, 0.05) is 33.8 Å². The molecular formula is C19H21BrN2O3S2. The van der Waals surface area contributed by atoms with E-state index in [-0.39, 0.29) is 18.2 Å². The van der Waals surface area contributed by atoms with Gasteiger partial charge in [0.1, 0.15) is 0 Å². The lowest BCUT2D eigenvalue weighted by molar-refractivity contribution is -0.115. The smallest absolute Gasteiger partial charge is 0.225 e. The van der Waals surface area contributed by atoms with E-state index >= 15 is 0 Å². The highest BCUT2D eigenvalue weighted by Crippen LogP contribution is 2.21. The summed E-state index contributed by atoms with van der Waals surface area (Å²) in [6.07, 6.45) is 1.88. The van der Waals surface area contributed by atoms with Crippen LogP contribution in [0.25, 0.3) is 0 Å². The molecule has 0 fully saturated rings. The number of carbonyl (C=O) groups excluding carboxylic acids is 1. The minimum atomic E-state index is -3.39. The van der Waals surface area contributed by atoms with E-state index in [2.05, 4.69) is 32.5 Å². The summed E-state index contributed by atoms with van der Waals surface area (Å²) < 4.78 is 27.1. The van der Waals surface area contributed by atoms with Gasteiger partial charge in [0.25, 0.3) is 0 Å². The Morgan fingerprint density at radius 3 is 2.41 bits per heavy atom. The molecule has 2 N–H and O–H groups in total. The summed E-state index contributed by atoms with van der Waals surface area (Å²) in [5.41, 5.74) is 1.30. The number of benzene rings is 2. The van der Waals surface area contributed by atoms with Crippen molar-refractivity contribution in [3.63, 3.8) is 0 Å². The fourth-order valence-corrected chi connectivity index (χ4v) is 4.38. The van der Waals surface area contributed by atoms with Crippen LogP contribution < -0.4 is 10.0 Å². The first kappa shape index (κ1) is 21.7. The Morgan fingerprint density at radius 1 is 1.11 bits per heavy atom. The molecule has 0 aliphatic carbocycles. The first-order valence-corrected chi connectivity index (χ1v) is 11.7. The second-order valence-electron chi connectivity index (χ2n) is 5.69. The second-order valence-corrected chi connectivity index (χ2v) is 9.58. The largest absolute Gasteiger partial charge is 0.326 e. The van der Waals surface area contributed by atoms with Gasteiger partial charge in [0.2, 0.25) is 15.9 Å². The topological polar surface area (TPSA) is 75.3 Å². The molecule has 0 saturated heterocycles. The molecule has 2 rings (SSSR count). The predicted octanol–water partition coefficient (Wildman–Crippen LogP) is 4.18. The average molecular weight is 469 g/mol. The van der Waals surface area contributed by atoms with Crippen molar-refractivity contribution in [3.05, 3.63) is 71.2 Å². The number of amides is 1. The van der Waals surface area contributed by atoms with Gasteiger partial charge in [-0.15, -0.1) is 18.3 Å². The normalized spacial score (nSPS) is 11.1. The molecule has 27 heavy (non-hydrogen) atoms. The van der Waals surface area contributed by atoms with Crippen LogP contribution in [-0.2, 0) is 20.6 Å². The summed E-state index contributed by atoms with van der Waals surface area (Å²) in [6.45, 7) is 3.68. The molecule has 2 aromatic rings. The van der Waals surface area contributed by atoms with Crippen molar-refractivity contribution in [1.29, 1.82) is 0 Å². The molecule has 2 aromatic carbocycles. The summed E-state index contributed by atoms with van der Waals surface area (Å²) in [7, 11) is -3.39. The number of hydrogen-bond donors (Lipinski definition) is 2. The lowest BCUT2D eigenvalue weighted by atomic mass is 10.2. The van der Waals surface area contributed by atoms with Gasteiger partial charge in [0.05, 0.1) is 5.75 Å². The molecule has 1 amide bonds. The molecular weight excluding hydrogens is 448 g/mol. The van der Waals surface area contributed by atoms with Crippen LogP contribution >= 0.6 is 27.7 Å². The van der Waals surface area contributed by atoms with Crippen molar-refractivity contribution in [2.45, 2.75) is 17.1 Å². The molecule has 0 heterocycles. The van der Waals surface area contributed by atoms with Crippen molar-refractivity contribution < 1.29 is 13.2 Å². The summed E-state index contributed by atoms with van der Waals surface area (Å²) in [4.78, 5) is 13.2. The Bertz CT molecular complexity index is 867. The van der Waals surface area contributed by atoms with Crippen molar-refractivity contribution in [1.82, 2.24) is 4.72 Å². The van der Waals surface area contributed by atoms with Gasteiger partial charge in [-0.1, -0.05) is 34.1 Å². The third-order valence-electron chi connectivity index (χ3n) is 3.45. The van der Waals surface area contributed by atoms with E-state index in [0.29, 0.717) is 23.4 Å². The maximum Gasteiger partial charge on any atom is 0.225 e. The third kappa shape index (κ3) is 8.30. The zero-order chi connectivity index (χ0) is 19.7. The predicted molar refractivity (Wildman–Crippen MR) is 115 cm³/mol. The second kappa shape index (κ2) is 10.7. The number of carbonyl (C=O) groups is 1. The quantitative estimate of drug-likeness (QED) is 0.405. The minimum absolute atomic E-state index is 0.0763. The summed E-state index contributed by atoms with van der Waals surface area (Å²) in [5.74, 6) is 0.491. The third-order valence-corrected chi connectivity index (χ3v) is 6.32. The Morgan fingerprint density at radius 2 is 1.78 bits per heavy atom. The molecule has 0 unspecified atom stereocenters. The number of sulfonamides is 1. The van der Waals surface area contributed by atoms with E-state index in [9.17, 15) is 13.2 Å². The van der Waals surface area contributed by atoms with Crippen molar-refractivity contribution >= 4 is 49.3 Å². The van der Waals surface area contributed by atoms with Crippen LogP contribution in [0.4, 0.5) is 5.69 Å². The zero-order valence-electron chi connectivity index (χ0n) is 14.7. The number of hydrogen-bond acceptors (Lipinski definition) is 4. The lowest BCUT2D eigenvalue weighted by Gasteiger charge is -2.08. The fourth-order valence-electron chi connectivity index (χ4n) is 2.16. The molecule has 0 aliphatic rings. The van der Waals surface area contributed by atoms with Gasteiger partial charge in [-0.2, -0.15) is 0 Å². The maximum atomic E-state index is 12.0. The number of halogens is 1. The monoisotopic (exact) mass is 468 g/mol. The first-order valence-electron chi connectivity index (χ1n) is 8.23. The van der Waals surface area contributed by atoms with E-state index in [4.69, 9.17) is 0 Å². The molecule has 0 spiro atoms. The van der Waals surface area contributed by atoms with Crippen LogP contribution in [0.5, 0.6) is 0 Å². The van der Waals surface area contributed by atoms with Gasteiger partial charge in [-0.05, 0) is 42.0 Å². The molecule has 0 aliphatic heterocycles. The highest BCUT2D eigenvalue weighted by atomic mass is 79.9. The van der Waals surface area contributed by atoms with Crippen LogP contribution in [0.1, 0.15) is 12.0 Å². The van der Waals surface area contributed by atoms with Crippen LogP contribution in [0.3, 0.4) is 0 Å². The standard InChI is InChI=1S/C19H21BrN2O3S2/c1-2-12-21-27(24,25)14-15-3-7-17(8-4-15)22-19(23)11-13-26-18-9-5-16(20)6-10-18/h2-10,21H,1,11-14H2,(H,22,23). The number of nitrogens with one attached hydrogen (secondary N) is 2. The van der Waals surface area contributed by atoms with E-state index in [1.807, 2.05) is 24.3 Å². The SMILES string of the molecule is C=CCNS(=O)(=O)Cc1ccc(NC(=O)CCSc2ccc(Br)cc2)cc1. The van der Waals surface area contributed by atoms with Gasteiger partial charge in [0.15, 0.2) is 0 Å². The molecule has 0 atom stereocenters. The Kier molecular flexibility index (Phi) is 8.56. The highest BCUT2D eigenvalue weighted by molar-refractivity contribution is 9.10. The van der Waals surface area contributed by atoms with Crippen molar-refractivity contribution in [3.8, 4) is 0 Å². The fraction of sp³-hybridized carbons (Fsp3) is 0.211. The van der Waals surface area contributed by atoms with Crippen LogP contribution in [0.15, 0.2) is 70.6 Å². The summed E-state index contributed by atoms with van der Waals surface area (Å²) in [5, 5.41) is 2.82. The molecule has 5 nitrogen and oxygen atoms in total. The van der Waals surface area contributed by atoms with Crippen molar-refractivity contribution in [2.24, 2.45) is 0 Å². The average Bonchev–Trinajstić information content (AvgIpc) is 2.63. The van der Waals surface area contributed by atoms with E-state index in [1.165, 1.54) is 6.08 Å². The molecule has 0 saturated carbocycles. The van der Waals surface area contributed by atoms with Gasteiger partial charge < -0.3 is 5.32 Å². The van der Waals surface area contributed by atoms with Crippen LogP contribution in [0.2, 0.25) is 0 Å². The van der Waals surface area contributed by atoms with Crippen LogP contribution in [-0.4, -0.2) is 26.6 Å². The number of rotatable bonds is 10. The zero-order valence-corrected chi connectivity index (χ0v) is 17.9. The number of anilines is 1. The first-order chi connectivity index (χ1) is 12.9. The Labute approximate surface area is 172 Å². The molecule has 144 valence electrons. The molecule has 0 aromatic heterocycles. The lowest BCUT2D eigenvalue weighted by Crippen LogP contribution is -2.25. The van der Waals surface area contributed by atoms with E-state index in [1.54, 1.807) is 36.0 Å². The molecule has 0 radical (unpaired) electrons. The molecule has 8 heteroatoms. The van der Waals surface area contributed by atoms with E-state index in [0.717, 1.165) is 9.37 Å². The Hall–Kier alpha value is -1.61. The Balaban J connectivity index is 1.78. The van der Waals surface area contributed by atoms with Crippen LogP contribution in [0, 0.1) is 0 Å². The summed E-state index contributed by atoms with van der Waals surface area (Å²) in [6, 6.07) is 14.7. The minimum Gasteiger partial charge on any atom is -0.326 e. The van der Waals surface area contributed by atoms with Gasteiger partial charge >= 0.3 is 0 Å². The number of thioether (sulfide) groups is 1. The maximum absolute atomic E-state index is 12.0. The van der Waals surface area contributed by atoms with Gasteiger partial charge in [-0.3, -0.25) is 4.79 Å². The van der Waals surface area contributed by atoms with Gasteiger partial charge in [-0.25, -0.2) is 13.1 Å². The molecule has 0 bridgehead atoms.